The molecule has 3 aliphatic rings. The van der Waals surface area contributed by atoms with Crippen LogP contribution >= 0.6 is 0 Å². The van der Waals surface area contributed by atoms with E-state index in [9.17, 15) is 14.7 Å². The molecule has 3 heteroatoms. The summed E-state index contributed by atoms with van der Waals surface area (Å²) in [7, 11) is 0. The van der Waals surface area contributed by atoms with E-state index >= 15 is 0 Å². The number of carboxylic acids is 1. The number of carboxylic acid groups (broad SMARTS) is 1. The van der Waals surface area contributed by atoms with E-state index in [4.69, 9.17) is 0 Å². The Morgan fingerprint density at radius 2 is 2.00 bits per heavy atom. The van der Waals surface area contributed by atoms with Crippen LogP contribution in [0.25, 0.3) is 0 Å². The number of Topliss-reactive ketones (excluding diaryl/α,β-unsaturated/α-hetero) is 1. The topological polar surface area (TPSA) is 54.4 Å². The third-order valence-electron chi connectivity index (χ3n) is 6.49. The normalized spacial score (nSPS) is 37.6. The Bertz CT molecular complexity index is 467. The second-order valence-corrected chi connectivity index (χ2v) is 7.52. The van der Waals surface area contributed by atoms with Crippen molar-refractivity contribution in [1.29, 1.82) is 0 Å². The van der Waals surface area contributed by atoms with Gasteiger partial charge < -0.3 is 5.11 Å². The maximum atomic E-state index is 11.7. The van der Waals surface area contributed by atoms with E-state index in [1.54, 1.807) is 0 Å². The van der Waals surface area contributed by atoms with Crippen molar-refractivity contribution >= 4 is 11.8 Å². The molecule has 2 bridgehead atoms. The first-order chi connectivity index (χ1) is 9.37. The van der Waals surface area contributed by atoms with Crippen LogP contribution in [-0.2, 0) is 9.59 Å². The van der Waals surface area contributed by atoms with Gasteiger partial charge in [0.05, 0.1) is 5.92 Å². The minimum atomic E-state index is -0.642. The van der Waals surface area contributed by atoms with Gasteiger partial charge in [-0.25, -0.2) is 0 Å². The van der Waals surface area contributed by atoms with Gasteiger partial charge >= 0.3 is 5.97 Å². The first kappa shape index (κ1) is 13.8. The Labute approximate surface area is 120 Å². The number of hydrogen-bond donors (Lipinski definition) is 1. The predicted molar refractivity (Wildman–Crippen MR) is 76.2 cm³/mol. The molecule has 0 heterocycles. The molecule has 3 aliphatic carbocycles. The van der Waals surface area contributed by atoms with Crippen LogP contribution in [0, 0.1) is 28.6 Å². The van der Waals surface area contributed by atoms with Gasteiger partial charge in [0.25, 0.3) is 0 Å². The number of fused-ring (bicyclic) bond motifs is 2. The van der Waals surface area contributed by atoms with Crippen LogP contribution in [0.5, 0.6) is 0 Å². The summed E-state index contributed by atoms with van der Waals surface area (Å²) in [6.45, 7) is 4.48. The van der Waals surface area contributed by atoms with Crippen molar-refractivity contribution in [2.24, 2.45) is 28.6 Å². The van der Waals surface area contributed by atoms with Crippen molar-refractivity contribution in [3.8, 4) is 0 Å². The van der Waals surface area contributed by atoms with E-state index in [0.717, 1.165) is 25.7 Å². The molecule has 3 nitrogen and oxygen atoms in total. The van der Waals surface area contributed by atoms with Crippen molar-refractivity contribution < 1.29 is 14.7 Å². The third kappa shape index (κ3) is 1.78. The molecule has 0 aliphatic heterocycles. The van der Waals surface area contributed by atoms with Gasteiger partial charge in [-0.1, -0.05) is 26.0 Å². The van der Waals surface area contributed by atoms with Gasteiger partial charge in [-0.2, -0.15) is 0 Å². The van der Waals surface area contributed by atoms with Gasteiger partial charge in [0, 0.05) is 18.3 Å². The van der Waals surface area contributed by atoms with E-state index in [1.165, 1.54) is 0 Å². The highest BCUT2D eigenvalue weighted by Crippen LogP contribution is 2.65. The summed E-state index contributed by atoms with van der Waals surface area (Å²) in [4.78, 5) is 23.2. The lowest BCUT2D eigenvalue weighted by Crippen LogP contribution is -2.47. The smallest absolute Gasteiger partial charge is 0.307 e. The molecule has 0 aromatic rings. The van der Waals surface area contributed by atoms with Crippen LogP contribution < -0.4 is 0 Å². The largest absolute Gasteiger partial charge is 0.481 e. The van der Waals surface area contributed by atoms with E-state index in [0.29, 0.717) is 30.5 Å². The predicted octanol–water partition coefficient (Wildman–Crippen LogP) is 3.44. The van der Waals surface area contributed by atoms with E-state index < -0.39 is 5.97 Å². The van der Waals surface area contributed by atoms with E-state index in [-0.39, 0.29) is 16.7 Å². The molecule has 3 unspecified atom stereocenters. The minimum Gasteiger partial charge on any atom is -0.481 e. The highest BCUT2D eigenvalue weighted by Gasteiger charge is 2.61. The average Bonchev–Trinajstić information content (AvgIpc) is 2.98. The third-order valence-corrected chi connectivity index (χ3v) is 6.49. The molecule has 3 atom stereocenters. The summed E-state index contributed by atoms with van der Waals surface area (Å²) >= 11 is 0. The van der Waals surface area contributed by atoms with Gasteiger partial charge in [-0.15, -0.1) is 0 Å². The standard InChI is InChI=1S/C17H24O3/c1-16(2,12-3-5-13(18)6-4-12)17-8-7-11(10-17)9-14(17)15(19)20/h7-8,11-12,14H,3-6,9-10H2,1-2H3,(H,19,20). The highest BCUT2D eigenvalue weighted by atomic mass is 16.4. The summed E-state index contributed by atoms with van der Waals surface area (Å²) in [5, 5.41) is 9.62. The summed E-state index contributed by atoms with van der Waals surface area (Å²) in [5.41, 5.74) is -0.243. The van der Waals surface area contributed by atoms with E-state index in [2.05, 4.69) is 26.0 Å². The van der Waals surface area contributed by atoms with Crippen molar-refractivity contribution in [2.45, 2.75) is 52.4 Å². The Morgan fingerprint density at radius 3 is 2.55 bits per heavy atom. The Balaban J connectivity index is 1.91. The molecule has 3 rings (SSSR count). The lowest BCUT2D eigenvalue weighted by Gasteiger charge is -2.50. The Kier molecular flexibility index (Phi) is 3.07. The van der Waals surface area contributed by atoms with Gasteiger partial charge in [0.1, 0.15) is 5.78 Å². The maximum Gasteiger partial charge on any atom is 0.307 e. The number of ketones is 1. The zero-order valence-corrected chi connectivity index (χ0v) is 12.4. The maximum absolute atomic E-state index is 11.7. The molecule has 20 heavy (non-hydrogen) atoms. The van der Waals surface area contributed by atoms with Gasteiger partial charge in [-0.05, 0) is 42.9 Å². The molecule has 2 saturated carbocycles. The van der Waals surface area contributed by atoms with Crippen LogP contribution in [0.4, 0.5) is 0 Å². The molecule has 0 radical (unpaired) electrons. The number of allylic oxidation sites excluding steroid dienone is 2. The Morgan fingerprint density at radius 1 is 1.35 bits per heavy atom. The second kappa shape index (κ2) is 4.44. The van der Waals surface area contributed by atoms with Crippen molar-refractivity contribution in [1.82, 2.24) is 0 Å². The summed E-state index contributed by atoms with van der Waals surface area (Å²) in [6, 6.07) is 0. The van der Waals surface area contributed by atoms with Crippen molar-refractivity contribution in [3.05, 3.63) is 12.2 Å². The summed E-state index contributed by atoms with van der Waals surface area (Å²) in [5.74, 6) is 0.390. The number of carbonyl (C=O) groups is 2. The number of aliphatic carboxylic acids is 1. The molecular formula is C17H24O3. The average molecular weight is 276 g/mol. The fraction of sp³-hybridized carbons (Fsp3) is 0.765. The molecule has 0 amide bonds. The zero-order valence-electron chi connectivity index (χ0n) is 12.4. The molecule has 0 saturated heterocycles. The Hall–Kier alpha value is -1.12. The summed E-state index contributed by atoms with van der Waals surface area (Å²) in [6.07, 6.45) is 9.43. The molecular weight excluding hydrogens is 252 g/mol. The lowest BCUT2D eigenvalue weighted by molar-refractivity contribution is -0.149. The minimum absolute atomic E-state index is 0.0431. The van der Waals surface area contributed by atoms with Gasteiger partial charge in [0.2, 0.25) is 0 Å². The molecule has 1 N–H and O–H groups in total. The highest BCUT2D eigenvalue weighted by molar-refractivity contribution is 5.79. The van der Waals surface area contributed by atoms with E-state index in [1.807, 2.05) is 0 Å². The molecule has 0 aromatic heterocycles. The van der Waals surface area contributed by atoms with Crippen LogP contribution in [0.1, 0.15) is 52.4 Å². The molecule has 110 valence electrons. The second-order valence-electron chi connectivity index (χ2n) is 7.52. The number of rotatable bonds is 3. The number of carbonyl (C=O) groups excluding carboxylic acids is 1. The van der Waals surface area contributed by atoms with Crippen LogP contribution in [0.2, 0.25) is 0 Å². The van der Waals surface area contributed by atoms with Gasteiger partial charge in [0.15, 0.2) is 0 Å². The molecule has 0 spiro atoms. The monoisotopic (exact) mass is 276 g/mol. The van der Waals surface area contributed by atoms with Crippen molar-refractivity contribution in [2.75, 3.05) is 0 Å². The van der Waals surface area contributed by atoms with Crippen LogP contribution in [0.15, 0.2) is 12.2 Å². The summed E-state index contributed by atoms with van der Waals surface area (Å²) < 4.78 is 0. The van der Waals surface area contributed by atoms with Crippen LogP contribution in [-0.4, -0.2) is 16.9 Å². The van der Waals surface area contributed by atoms with Crippen LogP contribution in [0.3, 0.4) is 0 Å². The van der Waals surface area contributed by atoms with Gasteiger partial charge in [-0.3, -0.25) is 9.59 Å². The fourth-order valence-corrected chi connectivity index (χ4v) is 5.10. The quantitative estimate of drug-likeness (QED) is 0.803. The first-order valence-electron chi connectivity index (χ1n) is 7.81. The molecule has 0 aromatic carbocycles. The fourth-order valence-electron chi connectivity index (χ4n) is 5.10. The van der Waals surface area contributed by atoms with Crippen molar-refractivity contribution in [3.63, 3.8) is 0 Å². The lowest BCUT2D eigenvalue weighted by atomic mass is 9.53. The SMILES string of the molecule is CC(C)(C1CCC(=O)CC1)C12C=CC(CC1C(=O)O)C2. The number of hydrogen-bond acceptors (Lipinski definition) is 2. The molecule has 2 fully saturated rings. The zero-order chi connectivity index (χ0) is 14.5. The first-order valence-corrected chi connectivity index (χ1v) is 7.81.